The summed E-state index contributed by atoms with van der Waals surface area (Å²) >= 11 is 0. The molecule has 1 amide bonds. The second-order valence-corrected chi connectivity index (χ2v) is 4.97. The van der Waals surface area contributed by atoms with Gasteiger partial charge in [-0.15, -0.1) is 0 Å². The number of carbonyl (C=O) groups is 1. The molecule has 0 aromatic heterocycles. The summed E-state index contributed by atoms with van der Waals surface area (Å²) in [4.78, 5) is 11.0. The van der Waals surface area contributed by atoms with Gasteiger partial charge in [0.2, 0.25) is 0 Å². The lowest BCUT2D eigenvalue weighted by molar-refractivity contribution is -0.274. The standard InChI is InChI=1S/C7H10F3NO5S/c8-7(9,10)17(14,15)16-5-3-1-2-4-11(5)6(12)13/h5H,1-4H2,(H,12,13)/p-1. The van der Waals surface area contributed by atoms with Crippen molar-refractivity contribution in [3.8, 4) is 0 Å². The van der Waals surface area contributed by atoms with Gasteiger partial charge in [0.15, 0.2) is 0 Å². The average Bonchev–Trinajstić information content (AvgIpc) is 2.15. The molecule has 1 fully saturated rings. The van der Waals surface area contributed by atoms with Gasteiger partial charge in [0.05, 0.1) is 0 Å². The molecule has 0 N–H and O–H groups in total. The Hall–Kier alpha value is -1.03. The van der Waals surface area contributed by atoms with E-state index in [4.69, 9.17) is 0 Å². The van der Waals surface area contributed by atoms with Gasteiger partial charge in [-0.1, -0.05) is 0 Å². The first-order valence-corrected chi connectivity index (χ1v) is 6.03. The molecule has 10 heteroatoms. The van der Waals surface area contributed by atoms with Crippen molar-refractivity contribution in [1.29, 1.82) is 0 Å². The fraction of sp³-hybridized carbons (Fsp3) is 0.857. The van der Waals surface area contributed by atoms with Crippen LogP contribution >= 0.6 is 0 Å². The van der Waals surface area contributed by atoms with Crippen molar-refractivity contribution in [3.63, 3.8) is 0 Å². The zero-order chi connectivity index (χ0) is 13.3. The predicted molar refractivity (Wildman–Crippen MR) is 45.8 cm³/mol. The SMILES string of the molecule is O=C([O-])N1CCCCC1OS(=O)(=O)C(F)(F)F. The Morgan fingerprint density at radius 1 is 1.35 bits per heavy atom. The van der Waals surface area contributed by atoms with Crippen LogP contribution in [0.25, 0.3) is 0 Å². The van der Waals surface area contributed by atoms with Crippen molar-refractivity contribution in [2.45, 2.75) is 31.0 Å². The van der Waals surface area contributed by atoms with Gasteiger partial charge in [-0.2, -0.15) is 21.6 Å². The van der Waals surface area contributed by atoms with Crippen LogP contribution in [0.1, 0.15) is 19.3 Å². The van der Waals surface area contributed by atoms with Crippen LogP contribution in [0.2, 0.25) is 0 Å². The van der Waals surface area contributed by atoms with Crippen LogP contribution in [0.15, 0.2) is 0 Å². The van der Waals surface area contributed by atoms with Crippen LogP contribution in [0.5, 0.6) is 0 Å². The molecule has 1 aliphatic rings. The monoisotopic (exact) mass is 276 g/mol. The first-order valence-electron chi connectivity index (χ1n) is 4.62. The highest BCUT2D eigenvalue weighted by Gasteiger charge is 2.49. The fourth-order valence-electron chi connectivity index (χ4n) is 1.41. The number of likely N-dealkylation sites (tertiary alicyclic amines) is 1. The van der Waals surface area contributed by atoms with E-state index in [0.717, 1.165) is 0 Å². The number of alkyl halides is 3. The summed E-state index contributed by atoms with van der Waals surface area (Å²) < 4.78 is 61.3. The molecule has 0 aromatic carbocycles. The number of amides is 1. The Balaban J connectivity index is 2.82. The molecule has 17 heavy (non-hydrogen) atoms. The summed E-state index contributed by atoms with van der Waals surface area (Å²) in [6.45, 7) is -0.111. The van der Waals surface area contributed by atoms with E-state index >= 15 is 0 Å². The maximum atomic E-state index is 12.0. The van der Waals surface area contributed by atoms with Gasteiger partial charge in [-0.25, -0.2) is 4.18 Å². The summed E-state index contributed by atoms with van der Waals surface area (Å²) in [5.41, 5.74) is -5.57. The highest BCUT2D eigenvalue weighted by atomic mass is 32.2. The van der Waals surface area contributed by atoms with Gasteiger partial charge in [-0.05, 0) is 19.3 Å². The van der Waals surface area contributed by atoms with Gasteiger partial charge in [0, 0.05) is 6.54 Å². The second kappa shape index (κ2) is 4.69. The van der Waals surface area contributed by atoms with Crippen LogP contribution in [0.4, 0.5) is 18.0 Å². The zero-order valence-electron chi connectivity index (χ0n) is 8.44. The minimum atomic E-state index is -5.80. The highest BCUT2D eigenvalue weighted by Crippen LogP contribution is 2.28. The number of hydrogen-bond acceptors (Lipinski definition) is 5. The lowest BCUT2D eigenvalue weighted by atomic mass is 10.1. The minimum Gasteiger partial charge on any atom is -0.530 e. The molecule has 0 aromatic rings. The van der Waals surface area contributed by atoms with E-state index in [0.29, 0.717) is 17.7 Å². The molecule has 100 valence electrons. The van der Waals surface area contributed by atoms with Crippen molar-refractivity contribution in [2.24, 2.45) is 0 Å². The molecule has 1 atom stereocenters. The van der Waals surface area contributed by atoms with E-state index in [1.807, 2.05) is 0 Å². The number of nitrogens with zero attached hydrogens (tertiary/aromatic N) is 1. The Morgan fingerprint density at radius 2 is 1.94 bits per heavy atom. The van der Waals surface area contributed by atoms with E-state index in [2.05, 4.69) is 4.18 Å². The molecule has 1 aliphatic heterocycles. The van der Waals surface area contributed by atoms with Crippen molar-refractivity contribution in [1.82, 2.24) is 4.90 Å². The molecule has 1 heterocycles. The smallest absolute Gasteiger partial charge is 0.523 e. The van der Waals surface area contributed by atoms with Gasteiger partial charge < -0.3 is 14.8 Å². The molecule has 0 bridgehead atoms. The summed E-state index contributed by atoms with van der Waals surface area (Å²) in [7, 11) is -5.80. The summed E-state index contributed by atoms with van der Waals surface area (Å²) in [6.07, 6.45) is -2.75. The third-order valence-corrected chi connectivity index (χ3v) is 3.25. The lowest BCUT2D eigenvalue weighted by Crippen LogP contribution is -2.52. The maximum Gasteiger partial charge on any atom is 0.523 e. The van der Waals surface area contributed by atoms with Crippen LogP contribution in [0.3, 0.4) is 0 Å². The minimum absolute atomic E-state index is 0.111. The van der Waals surface area contributed by atoms with Crippen LogP contribution in [-0.2, 0) is 14.3 Å². The first kappa shape index (κ1) is 14.0. The summed E-state index contributed by atoms with van der Waals surface area (Å²) in [6, 6.07) is 0. The Kier molecular flexibility index (Phi) is 3.87. The molecule has 0 aliphatic carbocycles. The van der Waals surface area contributed by atoms with E-state index in [1.165, 1.54) is 0 Å². The molecule has 1 unspecified atom stereocenters. The number of carboxylic acid groups (broad SMARTS) is 1. The Labute approximate surface area is 95.1 Å². The largest absolute Gasteiger partial charge is 0.530 e. The zero-order valence-corrected chi connectivity index (χ0v) is 9.25. The number of rotatable bonds is 2. The molecule has 1 saturated heterocycles. The van der Waals surface area contributed by atoms with Crippen LogP contribution in [-0.4, -0.2) is 37.7 Å². The van der Waals surface area contributed by atoms with Gasteiger partial charge in [0.25, 0.3) is 0 Å². The van der Waals surface area contributed by atoms with Gasteiger partial charge in [-0.3, -0.25) is 0 Å². The van der Waals surface area contributed by atoms with Crippen molar-refractivity contribution in [2.75, 3.05) is 6.54 Å². The Bertz CT molecular complexity index is 393. The molecule has 1 rings (SSSR count). The third kappa shape index (κ3) is 3.22. The van der Waals surface area contributed by atoms with E-state index in [1.54, 1.807) is 0 Å². The summed E-state index contributed by atoms with van der Waals surface area (Å²) in [5.74, 6) is 0. The highest BCUT2D eigenvalue weighted by molar-refractivity contribution is 7.87. The molecular formula is C7H9F3NO5S-. The van der Waals surface area contributed by atoms with E-state index in [-0.39, 0.29) is 13.0 Å². The molecular weight excluding hydrogens is 267 g/mol. The lowest BCUT2D eigenvalue weighted by Gasteiger charge is -2.36. The average molecular weight is 276 g/mol. The molecule has 0 saturated carbocycles. The predicted octanol–water partition coefficient (Wildman–Crippen LogP) is 0.00790. The van der Waals surface area contributed by atoms with Crippen molar-refractivity contribution >= 4 is 16.2 Å². The quantitative estimate of drug-likeness (QED) is 0.523. The summed E-state index contributed by atoms with van der Waals surface area (Å²) in [5, 5.41) is 10.6. The molecule has 6 nitrogen and oxygen atoms in total. The van der Waals surface area contributed by atoms with Crippen LogP contribution in [0, 0.1) is 0 Å². The van der Waals surface area contributed by atoms with E-state index < -0.39 is 27.9 Å². The molecule has 0 spiro atoms. The fourth-order valence-corrected chi connectivity index (χ4v) is 2.01. The number of halogens is 3. The topological polar surface area (TPSA) is 86.7 Å². The van der Waals surface area contributed by atoms with Gasteiger partial charge >= 0.3 is 15.6 Å². The van der Waals surface area contributed by atoms with Gasteiger partial charge in [0.1, 0.15) is 12.3 Å². The first-order chi connectivity index (χ1) is 7.65. The Morgan fingerprint density at radius 3 is 2.41 bits per heavy atom. The third-order valence-electron chi connectivity index (χ3n) is 2.20. The number of piperidine rings is 1. The normalized spacial score (nSPS) is 22.5. The van der Waals surface area contributed by atoms with E-state index in [9.17, 15) is 31.5 Å². The number of hydrogen-bond donors (Lipinski definition) is 0. The number of carbonyl (C=O) groups excluding carboxylic acids is 1. The van der Waals surface area contributed by atoms with Crippen LogP contribution < -0.4 is 5.11 Å². The second-order valence-electron chi connectivity index (χ2n) is 3.41. The van der Waals surface area contributed by atoms with Crippen molar-refractivity contribution in [3.05, 3.63) is 0 Å². The van der Waals surface area contributed by atoms with Crippen molar-refractivity contribution < 1.29 is 35.7 Å². The maximum absolute atomic E-state index is 12.0. The molecule has 0 radical (unpaired) electrons.